The topological polar surface area (TPSA) is 38.2 Å². The Balaban J connectivity index is 1.45. The van der Waals surface area contributed by atoms with Crippen LogP contribution < -0.4 is 0 Å². The molecule has 0 amide bonds. The predicted octanol–water partition coefficient (Wildman–Crippen LogP) is 3.48. The minimum Gasteiger partial charge on any atom is -0.378 e. The highest BCUT2D eigenvalue weighted by atomic mass is 16.5. The number of hydrogen-bond donors (Lipinski definition) is 0. The fourth-order valence-corrected chi connectivity index (χ4v) is 4.52. The van der Waals surface area contributed by atoms with E-state index in [0.29, 0.717) is 11.5 Å². The summed E-state index contributed by atoms with van der Waals surface area (Å²) in [6.45, 7) is 4.15. The highest BCUT2D eigenvalue weighted by molar-refractivity contribution is 5.15. The van der Waals surface area contributed by atoms with Crippen molar-refractivity contribution in [2.75, 3.05) is 19.7 Å². The summed E-state index contributed by atoms with van der Waals surface area (Å²) in [6, 6.07) is 10.9. The van der Waals surface area contributed by atoms with Crippen molar-refractivity contribution in [1.29, 1.82) is 0 Å². The molecule has 4 nitrogen and oxygen atoms in total. The second kappa shape index (κ2) is 7.63. The van der Waals surface area contributed by atoms with Crippen LogP contribution >= 0.6 is 0 Å². The standard InChI is InChI=1S/C21H27N3O/c1-2-5-18(6-3-1)8-9-21(20-7-4-12-25-20)10-11-24(16-21)15-19-13-22-17-23-14-19/h1-3,5-6,13-14,17,20H,4,7-12,15-16H2. The lowest BCUT2D eigenvalue weighted by atomic mass is 9.75. The van der Waals surface area contributed by atoms with E-state index in [-0.39, 0.29) is 0 Å². The van der Waals surface area contributed by atoms with Gasteiger partial charge in [-0.1, -0.05) is 30.3 Å². The van der Waals surface area contributed by atoms with E-state index >= 15 is 0 Å². The first-order chi connectivity index (χ1) is 12.3. The van der Waals surface area contributed by atoms with Crippen molar-refractivity contribution in [3.63, 3.8) is 0 Å². The number of hydrogen-bond acceptors (Lipinski definition) is 4. The zero-order valence-electron chi connectivity index (χ0n) is 14.8. The van der Waals surface area contributed by atoms with E-state index < -0.39 is 0 Å². The SMILES string of the molecule is c1ccc(CCC2(C3CCCO3)CCN(Cc3cncnc3)C2)cc1. The van der Waals surface area contributed by atoms with E-state index in [1.54, 1.807) is 6.33 Å². The van der Waals surface area contributed by atoms with E-state index in [0.717, 1.165) is 32.7 Å². The normalized spacial score (nSPS) is 27.0. The second-order valence-corrected chi connectivity index (χ2v) is 7.56. The molecule has 2 aliphatic rings. The van der Waals surface area contributed by atoms with Crippen LogP contribution in [0, 0.1) is 5.41 Å². The molecular formula is C21H27N3O. The van der Waals surface area contributed by atoms with Crippen LogP contribution in [0.4, 0.5) is 0 Å². The van der Waals surface area contributed by atoms with Gasteiger partial charge >= 0.3 is 0 Å². The van der Waals surface area contributed by atoms with Gasteiger partial charge in [-0.3, -0.25) is 4.90 Å². The van der Waals surface area contributed by atoms with E-state index in [2.05, 4.69) is 45.2 Å². The van der Waals surface area contributed by atoms with E-state index in [1.807, 2.05) is 12.4 Å². The van der Waals surface area contributed by atoms with Crippen LogP contribution in [0.15, 0.2) is 49.1 Å². The summed E-state index contributed by atoms with van der Waals surface area (Å²) in [5, 5.41) is 0. The minimum atomic E-state index is 0.294. The summed E-state index contributed by atoms with van der Waals surface area (Å²) >= 11 is 0. The van der Waals surface area contributed by atoms with Crippen LogP contribution in [-0.2, 0) is 17.7 Å². The first-order valence-electron chi connectivity index (χ1n) is 9.46. The van der Waals surface area contributed by atoms with Crippen molar-refractivity contribution in [2.24, 2.45) is 5.41 Å². The monoisotopic (exact) mass is 337 g/mol. The first-order valence-corrected chi connectivity index (χ1v) is 9.46. The quantitative estimate of drug-likeness (QED) is 0.809. The highest BCUT2D eigenvalue weighted by Gasteiger charge is 2.45. The third kappa shape index (κ3) is 3.91. The van der Waals surface area contributed by atoms with Gasteiger partial charge in [-0.2, -0.15) is 0 Å². The molecule has 2 unspecified atom stereocenters. The Morgan fingerprint density at radius 1 is 1.12 bits per heavy atom. The van der Waals surface area contributed by atoms with E-state index in [9.17, 15) is 0 Å². The Bertz CT molecular complexity index is 657. The molecule has 0 aliphatic carbocycles. The summed E-state index contributed by atoms with van der Waals surface area (Å²) in [7, 11) is 0. The summed E-state index contributed by atoms with van der Waals surface area (Å²) in [4.78, 5) is 10.9. The van der Waals surface area contributed by atoms with Crippen LogP contribution in [0.1, 0.15) is 36.8 Å². The molecule has 0 bridgehead atoms. The molecular weight excluding hydrogens is 310 g/mol. The molecule has 2 fully saturated rings. The first kappa shape index (κ1) is 16.7. The van der Waals surface area contributed by atoms with Crippen LogP contribution in [0.3, 0.4) is 0 Å². The number of benzene rings is 1. The summed E-state index contributed by atoms with van der Waals surface area (Å²) in [5.41, 5.74) is 2.94. The molecule has 1 aromatic heterocycles. The Morgan fingerprint density at radius 3 is 2.72 bits per heavy atom. The number of ether oxygens (including phenoxy) is 1. The third-order valence-electron chi connectivity index (χ3n) is 5.85. The lowest BCUT2D eigenvalue weighted by molar-refractivity contribution is -0.00181. The molecule has 4 rings (SSSR count). The Kier molecular flexibility index (Phi) is 5.09. The number of likely N-dealkylation sites (tertiary alicyclic amines) is 1. The van der Waals surface area contributed by atoms with Crippen molar-refractivity contribution >= 4 is 0 Å². The smallest absolute Gasteiger partial charge is 0.115 e. The van der Waals surface area contributed by atoms with Gasteiger partial charge in [-0.25, -0.2) is 9.97 Å². The van der Waals surface area contributed by atoms with Gasteiger partial charge < -0.3 is 4.74 Å². The maximum Gasteiger partial charge on any atom is 0.115 e. The molecule has 25 heavy (non-hydrogen) atoms. The van der Waals surface area contributed by atoms with Gasteiger partial charge in [0.25, 0.3) is 0 Å². The van der Waals surface area contributed by atoms with Gasteiger partial charge in [0, 0.05) is 43.1 Å². The lowest BCUT2D eigenvalue weighted by Crippen LogP contribution is -2.38. The molecule has 132 valence electrons. The number of nitrogens with zero attached hydrogens (tertiary/aromatic N) is 3. The van der Waals surface area contributed by atoms with Crippen LogP contribution in [0.2, 0.25) is 0 Å². The van der Waals surface area contributed by atoms with Crippen molar-refractivity contribution in [2.45, 2.75) is 44.8 Å². The molecule has 0 radical (unpaired) electrons. The third-order valence-corrected chi connectivity index (χ3v) is 5.85. The molecule has 0 spiro atoms. The molecule has 2 aromatic rings. The maximum atomic E-state index is 6.18. The zero-order chi connectivity index (χ0) is 17.0. The van der Waals surface area contributed by atoms with Crippen molar-refractivity contribution in [3.05, 3.63) is 60.2 Å². The van der Waals surface area contributed by atoms with Crippen LogP contribution in [-0.4, -0.2) is 40.7 Å². The average Bonchev–Trinajstić information content (AvgIpc) is 3.33. The van der Waals surface area contributed by atoms with E-state index in [4.69, 9.17) is 4.74 Å². The van der Waals surface area contributed by atoms with Crippen molar-refractivity contribution < 1.29 is 4.74 Å². The van der Waals surface area contributed by atoms with Crippen molar-refractivity contribution in [1.82, 2.24) is 14.9 Å². The second-order valence-electron chi connectivity index (χ2n) is 7.56. The number of aromatic nitrogens is 2. The van der Waals surface area contributed by atoms with Gasteiger partial charge in [-0.05, 0) is 44.2 Å². The predicted molar refractivity (Wildman–Crippen MR) is 98.1 cm³/mol. The Morgan fingerprint density at radius 2 is 1.96 bits per heavy atom. The van der Waals surface area contributed by atoms with Gasteiger partial charge in [0.05, 0.1) is 6.10 Å². The summed E-state index contributed by atoms with van der Waals surface area (Å²) < 4.78 is 6.18. The minimum absolute atomic E-state index is 0.294. The number of aryl methyl sites for hydroxylation is 1. The zero-order valence-corrected chi connectivity index (χ0v) is 14.8. The van der Waals surface area contributed by atoms with Gasteiger partial charge in [0.2, 0.25) is 0 Å². The molecule has 4 heteroatoms. The molecule has 2 atom stereocenters. The molecule has 1 aromatic carbocycles. The van der Waals surface area contributed by atoms with Crippen LogP contribution in [0.25, 0.3) is 0 Å². The van der Waals surface area contributed by atoms with Gasteiger partial charge in [-0.15, -0.1) is 0 Å². The molecule has 2 aliphatic heterocycles. The molecule has 2 saturated heterocycles. The fraction of sp³-hybridized carbons (Fsp3) is 0.524. The summed E-state index contributed by atoms with van der Waals surface area (Å²) in [5.74, 6) is 0. The lowest BCUT2D eigenvalue weighted by Gasteiger charge is -2.35. The average molecular weight is 337 g/mol. The molecule has 0 saturated carbocycles. The Labute approximate surface area is 150 Å². The largest absolute Gasteiger partial charge is 0.378 e. The van der Waals surface area contributed by atoms with E-state index in [1.165, 1.54) is 36.8 Å². The van der Waals surface area contributed by atoms with Crippen molar-refractivity contribution in [3.8, 4) is 0 Å². The Hall–Kier alpha value is -1.78. The molecule has 0 N–H and O–H groups in total. The molecule has 3 heterocycles. The highest BCUT2D eigenvalue weighted by Crippen LogP contribution is 2.43. The van der Waals surface area contributed by atoms with Gasteiger partial charge in [0.1, 0.15) is 6.33 Å². The number of rotatable bonds is 6. The summed E-state index contributed by atoms with van der Waals surface area (Å²) in [6.07, 6.45) is 11.9. The maximum absolute atomic E-state index is 6.18. The van der Waals surface area contributed by atoms with Gasteiger partial charge in [0.15, 0.2) is 0 Å². The van der Waals surface area contributed by atoms with Crippen LogP contribution in [0.5, 0.6) is 0 Å². The fourth-order valence-electron chi connectivity index (χ4n) is 4.52.